The van der Waals surface area contributed by atoms with Crippen molar-refractivity contribution in [3.8, 4) is 0 Å². The van der Waals surface area contributed by atoms with Gasteiger partial charge in [0.15, 0.2) is 0 Å². The van der Waals surface area contributed by atoms with Gasteiger partial charge in [-0.15, -0.1) is 0 Å². The molecule has 0 bridgehead atoms. The lowest BCUT2D eigenvalue weighted by Gasteiger charge is -1.98. The van der Waals surface area contributed by atoms with Crippen molar-refractivity contribution in [2.24, 2.45) is 0 Å². The maximum Gasteiger partial charge on any atom is 0.391 e. The second kappa shape index (κ2) is 16.2. The van der Waals surface area contributed by atoms with E-state index in [2.05, 4.69) is 0 Å². The van der Waals surface area contributed by atoms with E-state index in [0.717, 1.165) is 22.7 Å². The molecule has 0 saturated heterocycles. The van der Waals surface area contributed by atoms with Gasteiger partial charge >= 0.3 is 6.18 Å². The first-order valence-corrected chi connectivity index (χ1v) is 5.61. The summed E-state index contributed by atoms with van der Waals surface area (Å²) >= 11 is 0. The Morgan fingerprint density at radius 1 is 0.867 bits per heavy atom. The van der Waals surface area contributed by atoms with Crippen LogP contribution in [0.2, 0.25) is 6.04 Å². The molecule has 0 rings (SSSR count). The molecule has 0 saturated carbocycles. The number of hydrogen-bond donors (Lipinski definition) is 0. The van der Waals surface area contributed by atoms with Gasteiger partial charge in [0.2, 0.25) is 6.93 Å². The van der Waals surface area contributed by atoms with Gasteiger partial charge in [-0.3, -0.25) is 8.78 Å². The lowest BCUT2D eigenvalue weighted by atomic mass is 10.5. The zero-order valence-corrected chi connectivity index (χ0v) is 10.4. The molecular formula is C7H15F7Si. The Morgan fingerprint density at radius 2 is 1.27 bits per heavy atom. The molecule has 15 heavy (non-hydrogen) atoms. The predicted molar refractivity (Wildman–Crippen MR) is 49.1 cm³/mol. The Balaban J connectivity index is -0.000000158. The normalized spacial score (nSPS) is 9.80. The summed E-state index contributed by atoms with van der Waals surface area (Å²) in [6.45, 7) is -3.19. The van der Waals surface area contributed by atoms with Crippen LogP contribution in [-0.4, -0.2) is 36.7 Å². The Labute approximate surface area is 87.3 Å². The van der Waals surface area contributed by atoms with E-state index < -0.39 is 26.2 Å². The van der Waals surface area contributed by atoms with Crippen LogP contribution in [0.3, 0.4) is 0 Å². The molecule has 0 aliphatic heterocycles. The molecule has 0 aromatic carbocycles. The predicted octanol–water partition coefficient (Wildman–Crippen LogP) is 2.92. The van der Waals surface area contributed by atoms with Gasteiger partial charge in [-0.2, -0.15) is 13.2 Å². The van der Waals surface area contributed by atoms with Gasteiger partial charge < -0.3 is 0 Å². The average Bonchev–Trinajstić information content (AvgIpc) is 2.05. The molecule has 0 nitrogen and oxygen atoms in total. The van der Waals surface area contributed by atoms with Crippen LogP contribution >= 0.6 is 0 Å². The second-order valence-electron chi connectivity index (χ2n) is 2.20. The van der Waals surface area contributed by atoms with E-state index in [1.165, 1.54) is 0 Å². The Hall–Kier alpha value is -0.273. The third-order valence-electron chi connectivity index (χ3n) is 0.865. The molecule has 0 fully saturated rings. The molecule has 8 heteroatoms. The van der Waals surface area contributed by atoms with Crippen molar-refractivity contribution < 1.29 is 30.7 Å². The highest BCUT2D eigenvalue weighted by atomic mass is 28.1. The number of alkyl halides is 7. The quantitative estimate of drug-likeness (QED) is 0.540. The van der Waals surface area contributed by atoms with Gasteiger partial charge in [0.25, 0.3) is 0 Å². The number of hydrogen-bond acceptors (Lipinski definition) is 0. The molecule has 0 heterocycles. The van der Waals surface area contributed by atoms with Gasteiger partial charge in [0.05, 0.1) is 19.8 Å². The smallest absolute Gasteiger partial charge is 0.251 e. The van der Waals surface area contributed by atoms with Crippen LogP contribution in [0.5, 0.6) is 0 Å². The average molecular weight is 260 g/mol. The maximum absolute atomic E-state index is 11.0. The van der Waals surface area contributed by atoms with Gasteiger partial charge in [-0.05, 0) is 6.42 Å². The second-order valence-corrected chi connectivity index (χ2v) is 3.20. The summed E-state index contributed by atoms with van der Waals surface area (Å²) in [5, 5.41) is 0. The van der Waals surface area contributed by atoms with Crippen LogP contribution in [0.1, 0.15) is 12.8 Å². The van der Waals surface area contributed by atoms with Crippen molar-refractivity contribution in [3.63, 3.8) is 0 Å². The highest BCUT2D eigenvalue weighted by Crippen LogP contribution is 2.18. The van der Waals surface area contributed by atoms with Gasteiger partial charge in [-0.1, -0.05) is 6.04 Å². The molecule has 0 aliphatic rings. The highest BCUT2D eigenvalue weighted by molar-refractivity contribution is 6.08. The van der Waals surface area contributed by atoms with E-state index in [0.29, 0.717) is 0 Å². The summed E-state index contributed by atoms with van der Waals surface area (Å²) in [5.74, 6) is 0. The Morgan fingerprint density at radius 3 is 1.27 bits per heavy atom. The first kappa shape index (κ1) is 20.2. The van der Waals surface area contributed by atoms with Crippen molar-refractivity contribution in [1.82, 2.24) is 0 Å². The molecule has 0 aromatic rings. The molecule has 0 aromatic heterocycles. The first-order valence-electron chi connectivity index (χ1n) is 4.20. The van der Waals surface area contributed by atoms with Crippen molar-refractivity contribution in [2.75, 3.05) is 20.3 Å². The minimum atomic E-state index is -4.32. The molecule has 0 spiro atoms. The van der Waals surface area contributed by atoms with E-state index in [4.69, 9.17) is 0 Å². The number of halogens is 7. The van der Waals surface area contributed by atoms with Crippen molar-refractivity contribution in [2.45, 2.75) is 25.1 Å². The molecule has 0 N–H and O–H groups in total. The third kappa shape index (κ3) is 57.6. The van der Waals surface area contributed by atoms with Crippen molar-refractivity contribution in [3.05, 3.63) is 0 Å². The van der Waals surface area contributed by atoms with E-state index in [-0.39, 0.29) is 6.67 Å². The molecule has 0 amide bonds. The summed E-state index contributed by atoms with van der Waals surface area (Å²) < 4.78 is 73.5. The summed E-state index contributed by atoms with van der Waals surface area (Å²) in [6, 6.07) is 1.11. The first-order chi connectivity index (χ1) is 6.89. The fourth-order valence-electron chi connectivity index (χ4n) is 0.241. The standard InChI is InChI=1S/C3H4F4.C3H9FSi.CH2F2/c4-2-1-3(5,6)7;4-2-1-3-5;2-1-3/h1-2H2;1-3H2,5H3;1H2. The Kier molecular flexibility index (Phi) is 21.7. The van der Waals surface area contributed by atoms with Crippen LogP contribution in [0.4, 0.5) is 30.7 Å². The van der Waals surface area contributed by atoms with Crippen LogP contribution in [-0.2, 0) is 0 Å². The van der Waals surface area contributed by atoms with E-state index in [9.17, 15) is 30.7 Å². The third-order valence-corrected chi connectivity index (χ3v) is 1.57. The monoisotopic (exact) mass is 260 g/mol. The molecular weight excluding hydrogens is 245 g/mol. The van der Waals surface area contributed by atoms with E-state index >= 15 is 0 Å². The van der Waals surface area contributed by atoms with Crippen LogP contribution in [0.15, 0.2) is 0 Å². The molecule has 0 radical (unpaired) electrons. The summed E-state index contributed by atoms with van der Waals surface area (Å²) in [6.07, 6.45) is -4.87. The van der Waals surface area contributed by atoms with E-state index in [1.807, 2.05) is 0 Å². The fraction of sp³-hybridized carbons (Fsp3) is 1.00. The zero-order chi connectivity index (χ0) is 12.7. The van der Waals surface area contributed by atoms with Gasteiger partial charge in [0.1, 0.15) is 0 Å². The van der Waals surface area contributed by atoms with Gasteiger partial charge in [-0.25, -0.2) is 8.78 Å². The SMILES string of the molecule is FCCC(F)(F)F.FCCC[SiH3].FCF. The van der Waals surface area contributed by atoms with Crippen molar-refractivity contribution >= 4 is 10.2 Å². The summed E-state index contributed by atoms with van der Waals surface area (Å²) in [5.41, 5.74) is 0. The number of rotatable bonds is 3. The lowest BCUT2D eigenvalue weighted by molar-refractivity contribution is -0.136. The van der Waals surface area contributed by atoms with Crippen molar-refractivity contribution in [1.29, 1.82) is 0 Å². The molecule has 96 valence electrons. The molecule has 0 unspecified atom stereocenters. The zero-order valence-electron chi connectivity index (χ0n) is 8.39. The largest absolute Gasteiger partial charge is 0.391 e. The van der Waals surface area contributed by atoms with Gasteiger partial charge in [0, 0.05) is 10.2 Å². The fourth-order valence-corrected chi connectivity index (χ4v) is 0.508. The molecule has 0 atom stereocenters. The maximum atomic E-state index is 11.0. The lowest BCUT2D eigenvalue weighted by Crippen LogP contribution is -2.07. The highest BCUT2D eigenvalue weighted by Gasteiger charge is 2.25. The molecule has 0 aliphatic carbocycles. The van der Waals surface area contributed by atoms with Crippen LogP contribution < -0.4 is 0 Å². The minimum Gasteiger partial charge on any atom is -0.251 e. The summed E-state index contributed by atoms with van der Waals surface area (Å²) in [4.78, 5) is 0. The van der Waals surface area contributed by atoms with Crippen LogP contribution in [0, 0.1) is 0 Å². The Bertz CT molecular complexity index is 93.8. The summed E-state index contributed by atoms with van der Waals surface area (Å²) in [7, 11) is 1.16. The van der Waals surface area contributed by atoms with E-state index in [1.54, 1.807) is 0 Å². The minimum absolute atomic E-state index is 0.122. The van der Waals surface area contributed by atoms with Crippen LogP contribution in [0.25, 0.3) is 0 Å². The topological polar surface area (TPSA) is 0 Å².